The van der Waals surface area contributed by atoms with Gasteiger partial charge in [-0.15, -0.1) is 0 Å². The third-order valence-corrected chi connectivity index (χ3v) is 6.10. The highest BCUT2D eigenvalue weighted by atomic mass is 16.6. The fourth-order valence-corrected chi connectivity index (χ4v) is 4.46. The maximum atomic E-state index is 12.5. The molecule has 8 heteroatoms. The summed E-state index contributed by atoms with van der Waals surface area (Å²) in [5.74, 6) is -0.854. The lowest BCUT2D eigenvalue weighted by Gasteiger charge is -2.47. The van der Waals surface area contributed by atoms with Gasteiger partial charge >= 0.3 is 6.09 Å². The van der Waals surface area contributed by atoms with Gasteiger partial charge in [0.15, 0.2) is 0 Å². The average Bonchev–Trinajstić information content (AvgIpc) is 3.39. The Morgan fingerprint density at radius 1 is 1.33 bits per heavy atom. The van der Waals surface area contributed by atoms with Gasteiger partial charge < -0.3 is 30.0 Å². The van der Waals surface area contributed by atoms with Crippen molar-refractivity contribution >= 4 is 12.0 Å². The van der Waals surface area contributed by atoms with Gasteiger partial charge in [-0.1, -0.05) is 25.5 Å². The Morgan fingerprint density at radius 3 is 2.43 bits per heavy atom. The van der Waals surface area contributed by atoms with Crippen molar-refractivity contribution in [1.82, 2.24) is 5.32 Å². The van der Waals surface area contributed by atoms with Crippen LogP contribution in [0.2, 0.25) is 0 Å². The molecule has 172 valence electrons. The minimum Gasteiger partial charge on any atom is -0.443 e. The van der Waals surface area contributed by atoms with Crippen molar-refractivity contribution in [3.8, 4) is 0 Å². The minimum absolute atomic E-state index is 0.121. The Bertz CT molecular complexity index is 652. The Balaban J connectivity index is 2.14. The van der Waals surface area contributed by atoms with E-state index in [9.17, 15) is 9.59 Å². The van der Waals surface area contributed by atoms with E-state index in [0.717, 1.165) is 6.42 Å². The first-order valence-corrected chi connectivity index (χ1v) is 10.6. The summed E-state index contributed by atoms with van der Waals surface area (Å²) in [5.41, 5.74) is 5.69. The first-order chi connectivity index (χ1) is 13.9. The summed E-state index contributed by atoms with van der Waals surface area (Å²) in [6.45, 7) is 12.9. The minimum atomic E-state index is -0.792. The number of epoxide rings is 1. The first-order valence-electron chi connectivity index (χ1n) is 10.6. The molecule has 8 nitrogen and oxygen atoms in total. The highest BCUT2D eigenvalue weighted by Crippen LogP contribution is 2.52. The number of rotatable bonds is 9. The van der Waals surface area contributed by atoms with Crippen molar-refractivity contribution in [3.63, 3.8) is 0 Å². The van der Waals surface area contributed by atoms with E-state index in [-0.39, 0.29) is 17.4 Å². The molecular weight excluding hydrogens is 388 g/mol. The molecule has 1 aliphatic carbocycles. The number of allylic oxidation sites excluding steroid dienone is 1. The lowest BCUT2D eigenvalue weighted by Crippen LogP contribution is -2.59. The zero-order valence-corrected chi connectivity index (χ0v) is 19.3. The van der Waals surface area contributed by atoms with E-state index in [4.69, 9.17) is 24.7 Å². The van der Waals surface area contributed by atoms with Crippen LogP contribution in [0.5, 0.6) is 0 Å². The SMILES string of the molecule is CO[C@H]1[C@H](C(C)(C)OCC=C(C)C)[C@]2(CC[C@H]1OC(=O)NC(C(N)=O)C(C)C)CO2. The number of alkyl carbamates (subject to hydrolysis) is 1. The number of ether oxygens (including phenoxy) is 4. The van der Waals surface area contributed by atoms with Crippen LogP contribution in [0.25, 0.3) is 0 Å². The fourth-order valence-electron chi connectivity index (χ4n) is 4.46. The fraction of sp³-hybridized carbons (Fsp3) is 0.818. The van der Waals surface area contributed by atoms with Crippen molar-refractivity contribution in [2.45, 2.75) is 83.8 Å². The molecule has 2 rings (SSSR count). The van der Waals surface area contributed by atoms with Crippen LogP contribution >= 0.6 is 0 Å². The molecular formula is C22H38N2O6. The largest absolute Gasteiger partial charge is 0.443 e. The summed E-state index contributed by atoms with van der Waals surface area (Å²) in [4.78, 5) is 24.1. The molecule has 0 bridgehead atoms. The number of nitrogens with two attached hydrogens (primary N) is 1. The van der Waals surface area contributed by atoms with Crippen molar-refractivity contribution in [1.29, 1.82) is 0 Å². The zero-order chi connectivity index (χ0) is 22.7. The Morgan fingerprint density at radius 2 is 1.97 bits per heavy atom. The van der Waals surface area contributed by atoms with Gasteiger partial charge in [-0.3, -0.25) is 4.79 Å². The molecule has 1 heterocycles. The second-order valence-electron chi connectivity index (χ2n) is 9.48. The molecule has 2 amide bonds. The highest BCUT2D eigenvalue weighted by Gasteiger charge is 2.64. The predicted molar refractivity (Wildman–Crippen MR) is 113 cm³/mol. The molecule has 30 heavy (non-hydrogen) atoms. The molecule has 0 radical (unpaired) electrons. The normalized spacial score (nSPS) is 29.4. The van der Waals surface area contributed by atoms with Gasteiger partial charge in [-0.05, 0) is 46.5 Å². The summed E-state index contributed by atoms with van der Waals surface area (Å²) < 4.78 is 23.6. The molecule has 0 aromatic carbocycles. The number of nitrogens with one attached hydrogen (secondary N) is 1. The second kappa shape index (κ2) is 9.66. The monoisotopic (exact) mass is 426 g/mol. The number of hydrogen-bond acceptors (Lipinski definition) is 6. The van der Waals surface area contributed by atoms with E-state index in [2.05, 4.69) is 5.32 Å². The molecule has 1 aliphatic heterocycles. The van der Waals surface area contributed by atoms with Gasteiger partial charge in [0.25, 0.3) is 0 Å². The van der Waals surface area contributed by atoms with Crippen LogP contribution in [-0.2, 0) is 23.7 Å². The number of carbonyl (C=O) groups is 2. The van der Waals surface area contributed by atoms with Gasteiger partial charge in [-0.25, -0.2) is 4.79 Å². The van der Waals surface area contributed by atoms with E-state index in [1.807, 2.05) is 47.6 Å². The molecule has 1 saturated carbocycles. The smallest absolute Gasteiger partial charge is 0.408 e. The highest BCUT2D eigenvalue weighted by molar-refractivity contribution is 5.84. The summed E-state index contributed by atoms with van der Waals surface area (Å²) >= 11 is 0. The lowest BCUT2D eigenvalue weighted by molar-refractivity contribution is -0.172. The van der Waals surface area contributed by atoms with E-state index >= 15 is 0 Å². The predicted octanol–water partition coefficient (Wildman–Crippen LogP) is 2.55. The van der Waals surface area contributed by atoms with E-state index < -0.39 is 35.9 Å². The van der Waals surface area contributed by atoms with Crippen molar-refractivity contribution in [2.24, 2.45) is 17.6 Å². The van der Waals surface area contributed by atoms with Gasteiger partial charge in [0.1, 0.15) is 18.2 Å². The third-order valence-electron chi connectivity index (χ3n) is 6.10. The van der Waals surface area contributed by atoms with Crippen LogP contribution in [0.1, 0.15) is 54.4 Å². The summed E-state index contributed by atoms with van der Waals surface area (Å²) in [7, 11) is 1.61. The summed E-state index contributed by atoms with van der Waals surface area (Å²) in [6.07, 6.45) is 1.82. The van der Waals surface area contributed by atoms with Crippen LogP contribution in [0.15, 0.2) is 11.6 Å². The van der Waals surface area contributed by atoms with Gasteiger partial charge in [-0.2, -0.15) is 0 Å². The Kier molecular flexibility index (Phi) is 7.93. The second-order valence-corrected chi connectivity index (χ2v) is 9.48. The van der Waals surface area contributed by atoms with Gasteiger partial charge in [0.2, 0.25) is 5.91 Å². The van der Waals surface area contributed by atoms with Crippen LogP contribution in [-0.4, -0.2) is 61.8 Å². The van der Waals surface area contributed by atoms with Gasteiger partial charge in [0, 0.05) is 13.0 Å². The number of methoxy groups -OCH3 is 1. The third kappa shape index (κ3) is 5.74. The summed E-state index contributed by atoms with van der Waals surface area (Å²) in [5, 5.41) is 2.58. The number of carbonyl (C=O) groups excluding carboxylic acids is 2. The Labute approximate surface area is 179 Å². The van der Waals surface area contributed by atoms with E-state index in [1.54, 1.807) is 7.11 Å². The van der Waals surface area contributed by atoms with E-state index in [1.165, 1.54) is 5.57 Å². The molecule has 1 spiro atoms. The zero-order valence-electron chi connectivity index (χ0n) is 19.3. The number of hydrogen-bond donors (Lipinski definition) is 2. The van der Waals surface area contributed by atoms with Crippen LogP contribution < -0.4 is 11.1 Å². The van der Waals surface area contributed by atoms with E-state index in [0.29, 0.717) is 19.6 Å². The average molecular weight is 427 g/mol. The van der Waals surface area contributed by atoms with Crippen molar-refractivity contribution in [3.05, 3.63) is 11.6 Å². The number of amides is 2. The van der Waals surface area contributed by atoms with Crippen molar-refractivity contribution in [2.75, 3.05) is 20.3 Å². The molecule has 0 aromatic heterocycles. The van der Waals surface area contributed by atoms with Gasteiger partial charge in [0.05, 0.1) is 24.4 Å². The molecule has 1 unspecified atom stereocenters. The van der Waals surface area contributed by atoms with Crippen molar-refractivity contribution < 1.29 is 28.5 Å². The molecule has 0 aromatic rings. The standard InChI is InChI=1S/C22H38N2O6/c1-13(2)9-11-28-21(5,6)18-17(27-7)15(8-10-22(18)12-29-22)30-20(26)24-16(14(3)4)19(23)25/h9,14-18H,8,10-12H2,1-7H3,(H2,23,25)(H,24,26)/t15-,16?,17-,18-,22+/m1/s1. The quantitative estimate of drug-likeness (QED) is 0.433. The summed E-state index contributed by atoms with van der Waals surface area (Å²) in [6, 6.07) is -0.792. The van der Waals surface area contributed by atoms with Crippen LogP contribution in [0, 0.1) is 11.8 Å². The lowest BCUT2D eigenvalue weighted by atomic mass is 9.68. The molecule has 5 atom stereocenters. The topological polar surface area (TPSA) is 112 Å². The first kappa shape index (κ1) is 24.6. The molecule has 2 fully saturated rings. The maximum absolute atomic E-state index is 12.5. The molecule has 2 aliphatic rings. The molecule has 1 saturated heterocycles. The van der Waals surface area contributed by atoms with Crippen LogP contribution in [0.4, 0.5) is 4.79 Å². The Hall–Kier alpha value is -1.64. The van der Waals surface area contributed by atoms with Crippen LogP contribution in [0.3, 0.4) is 0 Å². The maximum Gasteiger partial charge on any atom is 0.408 e. The molecule has 3 N–H and O–H groups in total. The number of primary amides is 1.